The van der Waals surface area contributed by atoms with Gasteiger partial charge in [0.1, 0.15) is 5.82 Å². The molecular formula is C17H22FNO4. The Kier molecular flexibility index (Phi) is 5.04. The average Bonchev–Trinajstić information content (AvgIpc) is 2.53. The summed E-state index contributed by atoms with van der Waals surface area (Å²) in [5.41, 5.74) is -1.18. The maximum absolute atomic E-state index is 13.0. The Bertz CT molecular complexity index is 577. The van der Waals surface area contributed by atoms with Crippen LogP contribution in [-0.2, 0) is 19.7 Å². The second-order valence-electron chi connectivity index (χ2n) is 6.51. The molecule has 1 aliphatic heterocycles. The molecule has 1 fully saturated rings. The zero-order chi connectivity index (χ0) is 17.1. The molecular weight excluding hydrogens is 301 g/mol. The highest BCUT2D eigenvalue weighted by atomic mass is 19.1. The Hall–Kier alpha value is -1.95. The molecule has 0 radical (unpaired) electrons. The second kappa shape index (κ2) is 6.66. The molecule has 0 unspecified atom stereocenters. The summed E-state index contributed by atoms with van der Waals surface area (Å²) in [5, 5.41) is 12.3. The molecule has 0 spiro atoms. The summed E-state index contributed by atoms with van der Waals surface area (Å²) >= 11 is 0. The van der Waals surface area contributed by atoms with Crippen LogP contribution in [-0.4, -0.2) is 36.7 Å². The summed E-state index contributed by atoms with van der Waals surface area (Å²) in [7, 11) is 0. The zero-order valence-corrected chi connectivity index (χ0v) is 13.4. The molecule has 0 atom stereocenters. The van der Waals surface area contributed by atoms with Crippen molar-refractivity contribution in [3.05, 3.63) is 35.6 Å². The number of rotatable bonds is 5. The van der Waals surface area contributed by atoms with Gasteiger partial charge in [-0.15, -0.1) is 0 Å². The van der Waals surface area contributed by atoms with Crippen molar-refractivity contribution in [3.8, 4) is 0 Å². The molecule has 0 saturated carbocycles. The molecule has 126 valence electrons. The number of nitrogens with one attached hydrogen (secondary N) is 1. The summed E-state index contributed by atoms with van der Waals surface area (Å²) < 4.78 is 18.2. The van der Waals surface area contributed by atoms with Crippen LogP contribution in [0.3, 0.4) is 0 Å². The standard InChI is InChI=1S/C17H22FNO4/c1-16(2,12-3-5-13(18)6-4-12)14(20)19-11-17(15(21)22)7-9-23-10-8-17/h3-6H,7-11H2,1-2H3,(H,19,20)(H,21,22). The zero-order valence-electron chi connectivity index (χ0n) is 13.4. The lowest BCUT2D eigenvalue weighted by Crippen LogP contribution is -2.50. The third-order valence-electron chi connectivity index (χ3n) is 4.62. The first-order valence-corrected chi connectivity index (χ1v) is 7.63. The van der Waals surface area contributed by atoms with Gasteiger partial charge in [0.2, 0.25) is 5.91 Å². The predicted molar refractivity (Wildman–Crippen MR) is 82.6 cm³/mol. The van der Waals surface area contributed by atoms with E-state index in [0.717, 1.165) is 0 Å². The topological polar surface area (TPSA) is 75.6 Å². The van der Waals surface area contributed by atoms with E-state index < -0.39 is 16.8 Å². The summed E-state index contributed by atoms with van der Waals surface area (Å²) in [4.78, 5) is 24.1. The minimum atomic E-state index is -0.979. The first-order chi connectivity index (χ1) is 10.8. The fourth-order valence-corrected chi connectivity index (χ4v) is 2.70. The SMILES string of the molecule is CC(C)(C(=O)NCC1(C(=O)O)CCOCC1)c1ccc(F)cc1. The fourth-order valence-electron chi connectivity index (χ4n) is 2.70. The van der Waals surface area contributed by atoms with Gasteiger partial charge in [-0.1, -0.05) is 12.1 Å². The predicted octanol–water partition coefficient (Wildman–Crippen LogP) is 2.10. The van der Waals surface area contributed by atoms with E-state index in [1.54, 1.807) is 26.0 Å². The largest absolute Gasteiger partial charge is 0.481 e. The maximum atomic E-state index is 13.0. The van der Waals surface area contributed by atoms with Crippen molar-refractivity contribution in [1.29, 1.82) is 0 Å². The van der Waals surface area contributed by atoms with E-state index in [-0.39, 0.29) is 18.3 Å². The van der Waals surface area contributed by atoms with Gasteiger partial charge in [-0.25, -0.2) is 4.39 Å². The van der Waals surface area contributed by atoms with Gasteiger partial charge in [0.15, 0.2) is 0 Å². The number of carboxylic acid groups (broad SMARTS) is 1. The average molecular weight is 323 g/mol. The van der Waals surface area contributed by atoms with Gasteiger partial charge in [0.25, 0.3) is 0 Å². The fraction of sp³-hybridized carbons (Fsp3) is 0.529. The number of amides is 1. The van der Waals surface area contributed by atoms with Crippen LogP contribution in [0.15, 0.2) is 24.3 Å². The summed E-state index contributed by atoms with van der Waals surface area (Å²) in [6, 6.07) is 5.75. The lowest BCUT2D eigenvalue weighted by molar-refractivity contribution is -0.154. The second-order valence-corrected chi connectivity index (χ2v) is 6.51. The first kappa shape index (κ1) is 17.4. The van der Waals surface area contributed by atoms with Crippen molar-refractivity contribution in [1.82, 2.24) is 5.32 Å². The highest BCUT2D eigenvalue weighted by molar-refractivity contribution is 5.88. The Morgan fingerprint density at radius 3 is 2.35 bits per heavy atom. The molecule has 6 heteroatoms. The van der Waals surface area contributed by atoms with E-state index in [4.69, 9.17) is 4.74 Å². The van der Waals surface area contributed by atoms with Crippen molar-refractivity contribution < 1.29 is 23.8 Å². The van der Waals surface area contributed by atoms with Crippen LogP contribution in [0.5, 0.6) is 0 Å². The quantitative estimate of drug-likeness (QED) is 0.870. The molecule has 1 aliphatic rings. The Balaban J connectivity index is 2.08. The monoisotopic (exact) mass is 323 g/mol. The number of hydrogen-bond donors (Lipinski definition) is 2. The van der Waals surface area contributed by atoms with Gasteiger partial charge in [-0.2, -0.15) is 0 Å². The number of hydrogen-bond acceptors (Lipinski definition) is 3. The van der Waals surface area contributed by atoms with E-state index in [9.17, 15) is 19.1 Å². The van der Waals surface area contributed by atoms with Crippen LogP contribution in [0, 0.1) is 11.2 Å². The molecule has 23 heavy (non-hydrogen) atoms. The third-order valence-corrected chi connectivity index (χ3v) is 4.62. The highest BCUT2D eigenvalue weighted by Crippen LogP contribution is 2.31. The van der Waals surface area contributed by atoms with Gasteiger partial charge in [-0.05, 0) is 44.4 Å². The minimum absolute atomic E-state index is 0.0646. The Labute approximate surface area is 134 Å². The van der Waals surface area contributed by atoms with Crippen molar-refractivity contribution in [2.24, 2.45) is 5.41 Å². The smallest absolute Gasteiger partial charge is 0.311 e. The molecule has 0 aliphatic carbocycles. The lowest BCUT2D eigenvalue weighted by Gasteiger charge is -2.34. The van der Waals surface area contributed by atoms with Gasteiger partial charge in [0.05, 0.1) is 10.8 Å². The molecule has 0 aromatic heterocycles. The van der Waals surface area contributed by atoms with Crippen LogP contribution >= 0.6 is 0 Å². The molecule has 5 nitrogen and oxygen atoms in total. The summed E-state index contributed by atoms with van der Waals surface area (Å²) in [5.74, 6) is -1.56. The molecule has 2 rings (SSSR count). The highest BCUT2D eigenvalue weighted by Gasteiger charge is 2.41. The molecule has 1 amide bonds. The number of benzene rings is 1. The Morgan fingerprint density at radius 1 is 1.26 bits per heavy atom. The third kappa shape index (κ3) is 3.69. The van der Waals surface area contributed by atoms with E-state index >= 15 is 0 Å². The van der Waals surface area contributed by atoms with Crippen LogP contribution in [0.25, 0.3) is 0 Å². The van der Waals surface area contributed by atoms with Crippen molar-refractivity contribution in [3.63, 3.8) is 0 Å². The van der Waals surface area contributed by atoms with Crippen molar-refractivity contribution in [2.75, 3.05) is 19.8 Å². The normalized spacial score (nSPS) is 17.5. The van der Waals surface area contributed by atoms with Gasteiger partial charge < -0.3 is 15.2 Å². The number of aliphatic carboxylic acids is 1. The summed E-state index contributed by atoms with van der Waals surface area (Å²) in [6.45, 7) is 4.28. The number of carbonyl (C=O) groups excluding carboxylic acids is 1. The first-order valence-electron chi connectivity index (χ1n) is 7.63. The van der Waals surface area contributed by atoms with Gasteiger partial charge >= 0.3 is 5.97 Å². The number of halogens is 1. The summed E-state index contributed by atoms with van der Waals surface area (Å²) in [6.07, 6.45) is 0.749. The van der Waals surface area contributed by atoms with Crippen LogP contribution in [0.2, 0.25) is 0 Å². The van der Waals surface area contributed by atoms with Crippen molar-refractivity contribution in [2.45, 2.75) is 32.1 Å². The molecule has 1 aromatic rings. The van der Waals surface area contributed by atoms with Crippen LogP contribution < -0.4 is 5.32 Å². The molecule has 2 N–H and O–H groups in total. The Morgan fingerprint density at radius 2 is 1.83 bits per heavy atom. The van der Waals surface area contributed by atoms with E-state index in [0.29, 0.717) is 31.6 Å². The number of carboxylic acids is 1. The number of ether oxygens (including phenoxy) is 1. The lowest BCUT2D eigenvalue weighted by atomic mass is 9.79. The minimum Gasteiger partial charge on any atom is -0.481 e. The van der Waals surface area contributed by atoms with Gasteiger partial charge in [0, 0.05) is 19.8 Å². The maximum Gasteiger partial charge on any atom is 0.311 e. The van der Waals surface area contributed by atoms with Crippen molar-refractivity contribution >= 4 is 11.9 Å². The van der Waals surface area contributed by atoms with E-state index in [2.05, 4.69) is 5.32 Å². The molecule has 1 heterocycles. The molecule has 1 saturated heterocycles. The molecule has 0 bridgehead atoms. The van der Waals surface area contributed by atoms with E-state index in [1.165, 1.54) is 12.1 Å². The van der Waals surface area contributed by atoms with Crippen LogP contribution in [0.1, 0.15) is 32.3 Å². The van der Waals surface area contributed by atoms with Gasteiger partial charge in [-0.3, -0.25) is 9.59 Å². The molecule has 1 aromatic carbocycles. The van der Waals surface area contributed by atoms with Crippen LogP contribution in [0.4, 0.5) is 4.39 Å². The number of carbonyl (C=O) groups is 2. The van der Waals surface area contributed by atoms with E-state index in [1.807, 2.05) is 0 Å².